The number of carbonyl (C=O) groups excluding carboxylic acids is 4. The summed E-state index contributed by atoms with van der Waals surface area (Å²) in [7, 11) is 7.13. The summed E-state index contributed by atoms with van der Waals surface area (Å²) in [5.74, 6) is 1.63. The highest BCUT2D eigenvalue weighted by Crippen LogP contribution is 2.49. The molecule has 0 unspecified atom stereocenters. The minimum absolute atomic E-state index is 0.0242. The van der Waals surface area contributed by atoms with Gasteiger partial charge in [0.2, 0.25) is 11.8 Å². The van der Waals surface area contributed by atoms with Gasteiger partial charge in [0, 0.05) is 76.6 Å². The molecule has 0 aromatic heterocycles. The average Bonchev–Trinajstić information content (AvgIpc) is 3.36. The molecule has 0 heterocycles. The van der Waals surface area contributed by atoms with Crippen LogP contribution in [0.3, 0.4) is 0 Å². The van der Waals surface area contributed by atoms with E-state index in [0.29, 0.717) is 49.5 Å². The zero-order valence-corrected chi connectivity index (χ0v) is 41.6. The van der Waals surface area contributed by atoms with Crippen molar-refractivity contribution in [3.05, 3.63) is 165 Å². The Morgan fingerprint density at radius 2 is 1.30 bits per heavy atom. The first-order valence-electron chi connectivity index (χ1n) is 23.5. The number of likely N-dealkylation sites (N-methyl/N-ethyl adjacent to an activating group) is 2. The number of unbranched alkanes of at least 4 members (excludes halogenated alkanes) is 5. The Morgan fingerprint density at radius 1 is 0.700 bits per heavy atom. The number of thioether (sulfide) groups is 1. The van der Waals surface area contributed by atoms with E-state index in [-0.39, 0.29) is 42.2 Å². The van der Waals surface area contributed by atoms with Crippen molar-refractivity contribution in [3.63, 3.8) is 0 Å². The van der Waals surface area contributed by atoms with E-state index < -0.39 is 21.9 Å². The van der Waals surface area contributed by atoms with Crippen molar-refractivity contribution in [2.24, 2.45) is 0 Å². The molecule has 372 valence electrons. The molecule has 0 saturated carbocycles. The van der Waals surface area contributed by atoms with Crippen LogP contribution in [0.25, 0.3) is 0 Å². The number of carbonyl (C=O) groups is 4. The van der Waals surface area contributed by atoms with Crippen LogP contribution in [0.2, 0.25) is 0 Å². The number of methoxy groups -OCH3 is 1. The number of rotatable bonds is 27. The van der Waals surface area contributed by atoms with E-state index in [0.717, 1.165) is 61.0 Å². The minimum atomic E-state index is -1.01. The molecule has 0 spiro atoms. The molecule has 0 aliphatic rings. The summed E-state index contributed by atoms with van der Waals surface area (Å²) in [6.45, 7) is 3.63. The fourth-order valence-electron chi connectivity index (χ4n) is 7.69. The first-order valence-corrected chi connectivity index (χ1v) is 24.5. The van der Waals surface area contributed by atoms with Crippen LogP contribution < -0.4 is 19.5 Å². The Kier molecular flexibility index (Phi) is 21.6. The molecular weight excluding hydrogens is 911 g/mol. The second kappa shape index (κ2) is 27.9. The van der Waals surface area contributed by atoms with Gasteiger partial charge in [-0.3, -0.25) is 19.7 Å². The molecular formula is C54H65N5O10S. The number of nitro groups is 1. The van der Waals surface area contributed by atoms with E-state index >= 15 is 0 Å². The normalized spacial score (nSPS) is 11.1. The third-order valence-electron chi connectivity index (χ3n) is 11.6. The first kappa shape index (κ1) is 54.0. The summed E-state index contributed by atoms with van der Waals surface area (Å²) in [4.78, 5) is 67.2. The predicted molar refractivity (Wildman–Crippen MR) is 272 cm³/mol. The maximum absolute atomic E-state index is 13.1. The second-order valence-electron chi connectivity index (χ2n) is 17.1. The summed E-state index contributed by atoms with van der Waals surface area (Å²) in [6.07, 6.45) is 4.25. The Balaban J connectivity index is 1.08. The number of amides is 3. The third kappa shape index (κ3) is 16.7. The molecule has 70 heavy (non-hydrogen) atoms. The van der Waals surface area contributed by atoms with Crippen molar-refractivity contribution in [2.45, 2.75) is 69.8 Å². The molecule has 0 atom stereocenters. The molecule has 0 radical (unpaired) electrons. The van der Waals surface area contributed by atoms with E-state index in [1.54, 1.807) is 49.0 Å². The lowest BCUT2D eigenvalue weighted by Crippen LogP contribution is -2.35. The van der Waals surface area contributed by atoms with Gasteiger partial charge in [-0.05, 0) is 85.6 Å². The van der Waals surface area contributed by atoms with Gasteiger partial charge in [-0.25, -0.2) is 9.59 Å². The van der Waals surface area contributed by atoms with Crippen molar-refractivity contribution in [2.75, 3.05) is 60.2 Å². The number of nitro benzene ring substituents is 1. The van der Waals surface area contributed by atoms with Gasteiger partial charge >= 0.3 is 12.2 Å². The molecule has 5 aromatic rings. The van der Waals surface area contributed by atoms with Gasteiger partial charge < -0.3 is 39.0 Å². The molecule has 3 amide bonds. The molecule has 1 N–H and O–H groups in total. The lowest BCUT2D eigenvalue weighted by atomic mass is 9.84. The summed E-state index contributed by atoms with van der Waals surface area (Å²) in [5.41, 5.74) is 4.35. The van der Waals surface area contributed by atoms with Gasteiger partial charge in [-0.1, -0.05) is 105 Å². The number of nitrogens with one attached hydrogen (secondary N) is 1. The van der Waals surface area contributed by atoms with Crippen LogP contribution in [-0.4, -0.2) is 104 Å². The van der Waals surface area contributed by atoms with Gasteiger partial charge in [0.1, 0.15) is 23.9 Å². The molecule has 0 saturated heterocycles. The largest absolute Gasteiger partial charge is 0.514 e. The number of nitrogens with zero attached hydrogens (tertiary/aromatic N) is 4. The number of ether oxygens (including phenoxy) is 4. The highest BCUT2D eigenvalue weighted by molar-refractivity contribution is 8.00. The monoisotopic (exact) mass is 975 g/mol. The summed E-state index contributed by atoms with van der Waals surface area (Å²) < 4.78 is 21.2. The molecule has 5 rings (SSSR count). The van der Waals surface area contributed by atoms with Crippen LogP contribution in [0.1, 0.15) is 79.7 Å². The fourth-order valence-corrected chi connectivity index (χ4v) is 9.19. The zero-order chi connectivity index (χ0) is 50.3. The standard InChI is InChI=1S/C54H65N5O10S/c1-41(60)58(39-43-38-42(22-31-50(43)69-52(62)57(4)36-35-56(2)3)40-67-53(63)68-49-29-25-47(26-30-49)59(64)65)34-17-9-7-6-8-16-33-55-51(61)32-37-70-54(44-18-12-10-13-19-44,45-20-14-11-15-21-45)46-23-27-48(66-5)28-24-46/h10-15,18-31,38H,6-9,16-17,32-37,39-40H2,1-5H3,(H,55,61). The van der Waals surface area contributed by atoms with Gasteiger partial charge in [-0.15, -0.1) is 11.8 Å². The van der Waals surface area contributed by atoms with Crippen molar-refractivity contribution in [3.8, 4) is 17.2 Å². The number of hydrogen-bond donors (Lipinski definition) is 1. The van der Waals surface area contributed by atoms with Gasteiger partial charge in [0.15, 0.2) is 0 Å². The van der Waals surface area contributed by atoms with Crippen LogP contribution in [0.5, 0.6) is 17.2 Å². The average molecular weight is 976 g/mol. The molecule has 0 fully saturated rings. The quantitative estimate of drug-likeness (QED) is 0.0132. The van der Waals surface area contributed by atoms with Crippen molar-refractivity contribution >= 4 is 41.5 Å². The number of benzene rings is 5. The van der Waals surface area contributed by atoms with E-state index in [4.69, 9.17) is 18.9 Å². The van der Waals surface area contributed by atoms with Crippen LogP contribution in [0.4, 0.5) is 15.3 Å². The summed E-state index contributed by atoms with van der Waals surface area (Å²) in [6, 6.07) is 39.0. The minimum Gasteiger partial charge on any atom is -0.497 e. The van der Waals surface area contributed by atoms with Gasteiger partial charge in [0.05, 0.1) is 16.8 Å². The number of hydrogen-bond acceptors (Lipinski definition) is 12. The molecule has 0 aliphatic heterocycles. The van der Waals surface area contributed by atoms with Gasteiger partial charge in [0.25, 0.3) is 5.69 Å². The van der Waals surface area contributed by atoms with Crippen LogP contribution >= 0.6 is 11.8 Å². The second-order valence-corrected chi connectivity index (χ2v) is 18.4. The van der Waals surface area contributed by atoms with E-state index in [1.807, 2.05) is 43.3 Å². The predicted octanol–water partition coefficient (Wildman–Crippen LogP) is 10.2. The topological polar surface area (TPSA) is 170 Å². The highest BCUT2D eigenvalue weighted by atomic mass is 32.2. The van der Waals surface area contributed by atoms with E-state index in [2.05, 4.69) is 66.0 Å². The smallest absolute Gasteiger partial charge is 0.497 e. The van der Waals surface area contributed by atoms with Gasteiger partial charge in [-0.2, -0.15) is 0 Å². The fraction of sp³-hybridized carbons (Fsp3) is 0.370. The van der Waals surface area contributed by atoms with Crippen LogP contribution in [0.15, 0.2) is 127 Å². The van der Waals surface area contributed by atoms with Crippen molar-refractivity contribution in [1.82, 2.24) is 20.0 Å². The van der Waals surface area contributed by atoms with E-state index in [9.17, 15) is 29.3 Å². The maximum Gasteiger partial charge on any atom is 0.514 e. The summed E-state index contributed by atoms with van der Waals surface area (Å²) in [5, 5.41) is 14.1. The lowest BCUT2D eigenvalue weighted by Gasteiger charge is -2.35. The third-order valence-corrected chi connectivity index (χ3v) is 13.2. The summed E-state index contributed by atoms with van der Waals surface area (Å²) >= 11 is 1.76. The lowest BCUT2D eigenvalue weighted by molar-refractivity contribution is -0.384. The Labute approximate surface area is 415 Å². The molecule has 5 aromatic carbocycles. The molecule has 0 aliphatic carbocycles. The molecule has 15 nitrogen and oxygen atoms in total. The zero-order valence-electron chi connectivity index (χ0n) is 40.8. The Morgan fingerprint density at radius 3 is 1.90 bits per heavy atom. The Bertz CT molecular complexity index is 2400. The molecule has 16 heteroatoms. The molecule has 0 bridgehead atoms. The van der Waals surface area contributed by atoms with Crippen molar-refractivity contribution in [1.29, 1.82) is 0 Å². The Hall–Kier alpha value is -6.91. The van der Waals surface area contributed by atoms with Crippen molar-refractivity contribution < 1.29 is 43.0 Å². The SMILES string of the molecule is COc1ccc(C(SCCC(=O)NCCCCCCCCN(Cc2cc(COC(=O)Oc3ccc([N+](=O)[O-])cc3)ccc2OC(=O)N(C)CCN(C)C)C(C)=O)(c2ccccc2)c2ccccc2)cc1. The van der Waals surface area contributed by atoms with Crippen LogP contribution in [-0.2, 0) is 32.2 Å². The maximum atomic E-state index is 13.1. The highest BCUT2D eigenvalue weighted by Gasteiger charge is 2.37. The van der Waals surface area contributed by atoms with Crippen LogP contribution in [0, 0.1) is 10.1 Å². The van der Waals surface area contributed by atoms with E-state index in [1.165, 1.54) is 36.1 Å². The number of non-ortho nitro benzene ring substituents is 1. The first-order chi connectivity index (χ1) is 33.8.